The Hall–Kier alpha value is -1.23. The van der Waals surface area contributed by atoms with Crippen molar-refractivity contribution in [1.29, 1.82) is 0 Å². The number of imidazole rings is 1. The van der Waals surface area contributed by atoms with Crippen LogP contribution in [0.4, 0.5) is 5.69 Å². The number of anilines is 1. The topological polar surface area (TPSA) is 41.0 Å². The molecule has 0 aliphatic carbocycles. The molecule has 0 amide bonds. The number of rotatable bonds is 3. The molecule has 5 heteroatoms. The molecule has 0 fully saturated rings. The van der Waals surface area contributed by atoms with E-state index in [1.807, 2.05) is 12.1 Å². The molecule has 17 heavy (non-hydrogen) atoms. The fourth-order valence-corrected chi connectivity index (χ4v) is 2.54. The molecule has 0 aliphatic rings. The third-order valence-corrected chi connectivity index (χ3v) is 3.74. The zero-order chi connectivity index (χ0) is 12.6. The lowest BCUT2D eigenvalue weighted by atomic mass is 10.2. The second-order valence-electron chi connectivity index (χ2n) is 3.95. The normalized spacial score (nSPS) is 11.1. The standard InChI is InChI=1S/C12H16BrN3O/c1-4-16(5-2)9-7-6-8(13)10-11(9)15(3)12(17)14-10/h6-7H,4-5H2,1-3H3,(H,14,17). The van der Waals surface area contributed by atoms with Crippen LogP contribution in [0.25, 0.3) is 11.0 Å². The average molecular weight is 298 g/mol. The van der Waals surface area contributed by atoms with Gasteiger partial charge in [0.2, 0.25) is 0 Å². The number of nitrogens with zero attached hydrogens (tertiary/aromatic N) is 2. The number of hydrogen-bond donors (Lipinski definition) is 1. The van der Waals surface area contributed by atoms with Gasteiger partial charge in [0.25, 0.3) is 0 Å². The Labute approximate surface area is 108 Å². The number of H-pyrrole nitrogens is 1. The molecule has 0 bridgehead atoms. The molecule has 1 heterocycles. The van der Waals surface area contributed by atoms with Crippen molar-refractivity contribution in [3.05, 3.63) is 27.1 Å². The van der Waals surface area contributed by atoms with Crippen molar-refractivity contribution >= 4 is 32.7 Å². The predicted molar refractivity (Wildman–Crippen MR) is 74.8 cm³/mol. The molecule has 1 N–H and O–H groups in total. The fraction of sp³-hybridized carbons (Fsp3) is 0.417. The Balaban J connectivity index is 2.81. The second kappa shape index (κ2) is 4.56. The molecule has 0 atom stereocenters. The monoisotopic (exact) mass is 297 g/mol. The van der Waals surface area contributed by atoms with Crippen LogP contribution in [0, 0.1) is 0 Å². The van der Waals surface area contributed by atoms with E-state index >= 15 is 0 Å². The van der Waals surface area contributed by atoms with E-state index in [-0.39, 0.29) is 5.69 Å². The second-order valence-corrected chi connectivity index (χ2v) is 4.81. The van der Waals surface area contributed by atoms with Crippen LogP contribution in [-0.4, -0.2) is 22.6 Å². The number of hydrogen-bond acceptors (Lipinski definition) is 2. The first kappa shape index (κ1) is 12.2. The van der Waals surface area contributed by atoms with Gasteiger partial charge >= 0.3 is 5.69 Å². The summed E-state index contributed by atoms with van der Waals surface area (Å²) >= 11 is 3.47. The van der Waals surface area contributed by atoms with Crippen LogP contribution >= 0.6 is 15.9 Å². The Morgan fingerprint density at radius 2 is 2.00 bits per heavy atom. The van der Waals surface area contributed by atoms with Gasteiger partial charge in [-0.25, -0.2) is 4.79 Å². The predicted octanol–water partition coefficient (Wildman–Crippen LogP) is 2.48. The quantitative estimate of drug-likeness (QED) is 0.945. The summed E-state index contributed by atoms with van der Waals surface area (Å²) in [6.45, 7) is 6.07. The van der Waals surface area contributed by atoms with Gasteiger partial charge in [-0.15, -0.1) is 0 Å². The molecule has 0 saturated carbocycles. The maximum Gasteiger partial charge on any atom is 0.326 e. The summed E-state index contributed by atoms with van der Waals surface area (Å²) in [6, 6.07) is 4.03. The van der Waals surface area contributed by atoms with Crippen molar-refractivity contribution < 1.29 is 0 Å². The summed E-state index contributed by atoms with van der Waals surface area (Å²) in [4.78, 5) is 16.8. The molecule has 1 aromatic carbocycles. The van der Waals surface area contributed by atoms with Crippen LogP contribution in [-0.2, 0) is 7.05 Å². The summed E-state index contributed by atoms with van der Waals surface area (Å²) in [7, 11) is 1.79. The molecule has 4 nitrogen and oxygen atoms in total. The van der Waals surface area contributed by atoms with Crippen molar-refractivity contribution in [3.8, 4) is 0 Å². The van der Waals surface area contributed by atoms with Gasteiger partial charge in [0.15, 0.2) is 0 Å². The van der Waals surface area contributed by atoms with E-state index in [9.17, 15) is 4.79 Å². The molecule has 0 aliphatic heterocycles. The molecule has 2 aromatic rings. The zero-order valence-corrected chi connectivity index (χ0v) is 11.8. The van der Waals surface area contributed by atoms with Crippen LogP contribution in [0.15, 0.2) is 21.4 Å². The highest BCUT2D eigenvalue weighted by Crippen LogP contribution is 2.30. The lowest BCUT2D eigenvalue weighted by molar-refractivity contribution is 0.851. The maximum absolute atomic E-state index is 11.7. The summed E-state index contributed by atoms with van der Waals surface area (Å²) < 4.78 is 2.58. The SMILES string of the molecule is CCN(CC)c1ccc(Br)c2[nH]c(=O)n(C)c12. The maximum atomic E-state index is 11.7. The third kappa shape index (κ3) is 1.88. The van der Waals surface area contributed by atoms with E-state index in [1.165, 1.54) is 0 Å². The highest BCUT2D eigenvalue weighted by atomic mass is 79.9. The number of halogens is 1. The van der Waals surface area contributed by atoms with Gasteiger partial charge in [-0.3, -0.25) is 4.57 Å². The third-order valence-electron chi connectivity index (χ3n) is 3.08. The van der Waals surface area contributed by atoms with Crippen LogP contribution in [0.3, 0.4) is 0 Å². The van der Waals surface area contributed by atoms with Crippen molar-refractivity contribution in [1.82, 2.24) is 9.55 Å². The van der Waals surface area contributed by atoms with Crippen LogP contribution < -0.4 is 10.6 Å². The summed E-state index contributed by atoms with van der Waals surface area (Å²) in [5, 5.41) is 0. The minimum atomic E-state index is -0.0830. The van der Waals surface area contributed by atoms with E-state index in [1.54, 1.807) is 11.6 Å². The fourth-order valence-electron chi connectivity index (χ4n) is 2.13. The van der Waals surface area contributed by atoms with Crippen LogP contribution in [0.2, 0.25) is 0 Å². The smallest absolute Gasteiger partial charge is 0.326 e. The van der Waals surface area contributed by atoms with Crippen molar-refractivity contribution in [2.75, 3.05) is 18.0 Å². The summed E-state index contributed by atoms with van der Waals surface area (Å²) in [5.41, 5.74) is 2.82. The molecular formula is C12H16BrN3O. The van der Waals surface area contributed by atoms with Gasteiger partial charge in [0.1, 0.15) is 0 Å². The van der Waals surface area contributed by atoms with Gasteiger partial charge in [0, 0.05) is 24.6 Å². The molecule has 0 spiro atoms. The van der Waals surface area contributed by atoms with Crippen molar-refractivity contribution in [3.63, 3.8) is 0 Å². The van der Waals surface area contributed by atoms with E-state index in [0.29, 0.717) is 0 Å². The Morgan fingerprint density at radius 3 is 2.59 bits per heavy atom. The summed E-state index contributed by atoms with van der Waals surface area (Å²) in [6.07, 6.45) is 0. The lowest BCUT2D eigenvalue weighted by Gasteiger charge is -2.22. The Bertz CT molecular complexity index is 596. The Kier molecular flexibility index (Phi) is 3.28. The molecule has 92 valence electrons. The number of aromatic amines is 1. The first-order valence-electron chi connectivity index (χ1n) is 5.72. The molecule has 2 rings (SSSR count). The van der Waals surface area contributed by atoms with Gasteiger partial charge < -0.3 is 9.88 Å². The zero-order valence-electron chi connectivity index (χ0n) is 10.2. The minimum Gasteiger partial charge on any atom is -0.370 e. The van der Waals surface area contributed by atoms with Crippen LogP contribution in [0.5, 0.6) is 0 Å². The van der Waals surface area contributed by atoms with Gasteiger partial charge in [0.05, 0.1) is 16.7 Å². The minimum absolute atomic E-state index is 0.0830. The lowest BCUT2D eigenvalue weighted by Crippen LogP contribution is -2.23. The number of nitrogens with one attached hydrogen (secondary N) is 1. The molecule has 1 aromatic heterocycles. The molecule has 0 saturated heterocycles. The molecule has 0 radical (unpaired) electrons. The number of aromatic nitrogens is 2. The van der Waals surface area contributed by atoms with Crippen molar-refractivity contribution in [2.45, 2.75) is 13.8 Å². The average Bonchev–Trinajstić information content (AvgIpc) is 2.62. The van der Waals surface area contributed by atoms with Gasteiger partial charge in [-0.1, -0.05) is 0 Å². The summed E-state index contributed by atoms with van der Waals surface area (Å²) in [5.74, 6) is 0. The largest absolute Gasteiger partial charge is 0.370 e. The highest BCUT2D eigenvalue weighted by molar-refractivity contribution is 9.10. The highest BCUT2D eigenvalue weighted by Gasteiger charge is 2.14. The van der Waals surface area contributed by atoms with Gasteiger partial charge in [-0.2, -0.15) is 0 Å². The van der Waals surface area contributed by atoms with E-state index in [0.717, 1.165) is 34.3 Å². The Morgan fingerprint density at radius 1 is 1.35 bits per heavy atom. The molecule has 0 unspecified atom stereocenters. The van der Waals surface area contributed by atoms with E-state index in [4.69, 9.17) is 0 Å². The number of fused-ring (bicyclic) bond motifs is 1. The molecular weight excluding hydrogens is 282 g/mol. The van der Waals surface area contributed by atoms with E-state index < -0.39 is 0 Å². The van der Waals surface area contributed by atoms with Gasteiger partial charge in [-0.05, 0) is 41.9 Å². The van der Waals surface area contributed by atoms with Crippen molar-refractivity contribution in [2.24, 2.45) is 7.05 Å². The number of aryl methyl sites for hydroxylation is 1. The van der Waals surface area contributed by atoms with E-state index in [2.05, 4.69) is 39.7 Å². The first-order valence-corrected chi connectivity index (χ1v) is 6.51. The van der Waals surface area contributed by atoms with Crippen LogP contribution in [0.1, 0.15) is 13.8 Å². The first-order chi connectivity index (χ1) is 8.10. The number of benzene rings is 1.